The zero-order chi connectivity index (χ0) is 21.0. The van der Waals surface area contributed by atoms with E-state index in [1.165, 1.54) is 12.8 Å². The van der Waals surface area contributed by atoms with Crippen LogP contribution in [-0.2, 0) is 14.9 Å². The van der Waals surface area contributed by atoms with E-state index in [9.17, 15) is 4.79 Å². The number of benzene rings is 2. The van der Waals surface area contributed by atoms with Crippen molar-refractivity contribution in [2.24, 2.45) is 0 Å². The van der Waals surface area contributed by atoms with Crippen molar-refractivity contribution in [3.05, 3.63) is 54.1 Å². The van der Waals surface area contributed by atoms with Crippen molar-refractivity contribution >= 4 is 11.7 Å². The molecule has 0 aromatic heterocycles. The van der Waals surface area contributed by atoms with Crippen LogP contribution >= 0.6 is 0 Å². The Hall–Kier alpha value is -2.73. The number of fused-ring (bicyclic) bond motifs is 1. The van der Waals surface area contributed by atoms with E-state index in [-0.39, 0.29) is 5.97 Å². The Morgan fingerprint density at radius 3 is 2.50 bits per heavy atom. The molecule has 0 amide bonds. The molecule has 2 aliphatic rings. The molecule has 0 saturated carbocycles. The van der Waals surface area contributed by atoms with E-state index in [0.717, 1.165) is 62.6 Å². The van der Waals surface area contributed by atoms with Gasteiger partial charge in [-0.1, -0.05) is 30.3 Å². The van der Waals surface area contributed by atoms with Gasteiger partial charge < -0.3 is 19.1 Å². The van der Waals surface area contributed by atoms with Gasteiger partial charge in [0.05, 0.1) is 12.5 Å². The summed E-state index contributed by atoms with van der Waals surface area (Å²) in [6, 6.07) is 16.1. The van der Waals surface area contributed by atoms with Gasteiger partial charge in [0.2, 0.25) is 6.79 Å². The van der Waals surface area contributed by atoms with Crippen LogP contribution in [0.4, 0.5) is 5.69 Å². The highest BCUT2D eigenvalue weighted by Crippen LogP contribution is 2.36. The molecule has 2 aromatic carbocycles. The highest BCUT2D eigenvalue weighted by Gasteiger charge is 2.36. The first kappa shape index (κ1) is 20.5. The highest BCUT2D eigenvalue weighted by atomic mass is 16.7. The van der Waals surface area contributed by atoms with E-state index in [0.29, 0.717) is 6.79 Å². The predicted molar refractivity (Wildman–Crippen MR) is 116 cm³/mol. The number of ether oxygens (including phenoxy) is 3. The van der Waals surface area contributed by atoms with E-state index in [1.807, 2.05) is 43.3 Å². The lowest BCUT2D eigenvalue weighted by molar-refractivity contribution is -0.147. The number of esters is 1. The minimum Gasteiger partial charge on any atom is -0.468 e. The second-order valence-corrected chi connectivity index (χ2v) is 8.16. The van der Waals surface area contributed by atoms with E-state index in [1.54, 1.807) is 0 Å². The predicted octanol–water partition coefficient (Wildman–Crippen LogP) is 3.45. The van der Waals surface area contributed by atoms with Crippen molar-refractivity contribution in [1.82, 2.24) is 4.90 Å². The van der Waals surface area contributed by atoms with Crippen LogP contribution in [0.3, 0.4) is 0 Å². The number of hydrogen-bond acceptors (Lipinski definition) is 6. The first-order valence-electron chi connectivity index (χ1n) is 10.6. The number of anilines is 1. The lowest BCUT2D eigenvalue weighted by atomic mass is 9.78. The number of piperazine rings is 1. The van der Waals surface area contributed by atoms with Gasteiger partial charge >= 0.3 is 5.97 Å². The molecule has 1 unspecified atom stereocenters. The van der Waals surface area contributed by atoms with Crippen LogP contribution in [0.2, 0.25) is 0 Å². The molecule has 1 saturated heterocycles. The van der Waals surface area contributed by atoms with Crippen molar-refractivity contribution in [2.75, 3.05) is 51.5 Å². The van der Waals surface area contributed by atoms with Gasteiger partial charge in [0, 0.05) is 37.9 Å². The van der Waals surface area contributed by atoms with Gasteiger partial charge in [-0.15, -0.1) is 0 Å². The molecular formula is C24H30N2O4. The van der Waals surface area contributed by atoms with Crippen LogP contribution in [-0.4, -0.2) is 57.5 Å². The maximum atomic E-state index is 12.5. The molecule has 2 heterocycles. The molecule has 6 heteroatoms. The zero-order valence-corrected chi connectivity index (χ0v) is 17.8. The quantitative estimate of drug-likeness (QED) is 0.652. The number of methoxy groups -OCH3 is 1. The average Bonchev–Trinajstić information content (AvgIpc) is 3.27. The molecule has 2 aromatic rings. The summed E-state index contributed by atoms with van der Waals surface area (Å²) in [7, 11) is 1.47. The Bertz CT molecular complexity index is 865. The third-order valence-corrected chi connectivity index (χ3v) is 6.29. The Balaban J connectivity index is 1.29. The first-order valence-corrected chi connectivity index (χ1v) is 10.6. The monoisotopic (exact) mass is 410 g/mol. The fourth-order valence-corrected chi connectivity index (χ4v) is 4.36. The standard InChI is InChI=1S/C24H30N2O4/c1-24(23(27)28-2,19-7-4-3-5-8-19)11-6-12-25-13-15-26(16-14-25)20-9-10-21-22(17-20)30-18-29-21/h3-5,7-10,17H,6,11-16,18H2,1-2H3. The van der Waals surface area contributed by atoms with E-state index < -0.39 is 5.41 Å². The zero-order valence-electron chi connectivity index (χ0n) is 17.8. The van der Waals surface area contributed by atoms with Crippen LogP contribution < -0.4 is 14.4 Å². The second kappa shape index (κ2) is 8.96. The van der Waals surface area contributed by atoms with Crippen LogP contribution in [0, 0.1) is 0 Å². The molecule has 0 bridgehead atoms. The summed E-state index contributed by atoms with van der Waals surface area (Å²) in [4.78, 5) is 17.4. The Kier molecular flexibility index (Phi) is 6.13. The van der Waals surface area contributed by atoms with Crippen molar-refractivity contribution < 1.29 is 19.0 Å². The minimum absolute atomic E-state index is 0.165. The molecule has 30 heavy (non-hydrogen) atoms. The number of rotatable bonds is 7. The normalized spacial score (nSPS) is 18.1. The van der Waals surface area contributed by atoms with E-state index in [2.05, 4.69) is 21.9 Å². The Morgan fingerprint density at radius 2 is 1.77 bits per heavy atom. The van der Waals surface area contributed by atoms with Crippen molar-refractivity contribution in [3.8, 4) is 11.5 Å². The SMILES string of the molecule is COC(=O)C(C)(CCCN1CCN(c2ccc3c(c2)OCO3)CC1)c1ccccc1. The number of hydrogen-bond donors (Lipinski definition) is 0. The second-order valence-electron chi connectivity index (χ2n) is 8.16. The third kappa shape index (κ3) is 4.24. The van der Waals surface area contributed by atoms with Crippen molar-refractivity contribution in [1.29, 1.82) is 0 Å². The third-order valence-electron chi connectivity index (χ3n) is 6.29. The Labute approximate surface area is 178 Å². The van der Waals surface area contributed by atoms with Gasteiger partial charge in [0.15, 0.2) is 11.5 Å². The largest absolute Gasteiger partial charge is 0.468 e. The van der Waals surface area contributed by atoms with Gasteiger partial charge in [0.1, 0.15) is 0 Å². The summed E-state index contributed by atoms with van der Waals surface area (Å²) in [6.07, 6.45) is 1.72. The molecular weight excluding hydrogens is 380 g/mol. The molecule has 0 radical (unpaired) electrons. The fraction of sp³-hybridized carbons (Fsp3) is 0.458. The minimum atomic E-state index is -0.607. The molecule has 0 N–H and O–H groups in total. The van der Waals surface area contributed by atoms with Gasteiger partial charge in [-0.2, -0.15) is 0 Å². The molecule has 2 aliphatic heterocycles. The molecule has 0 aliphatic carbocycles. The van der Waals surface area contributed by atoms with E-state index >= 15 is 0 Å². The number of carbonyl (C=O) groups is 1. The summed E-state index contributed by atoms with van der Waals surface area (Å²) in [6.45, 7) is 7.25. The molecule has 0 spiro atoms. The van der Waals surface area contributed by atoms with Crippen molar-refractivity contribution in [3.63, 3.8) is 0 Å². The lowest BCUT2D eigenvalue weighted by Gasteiger charge is -2.36. The maximum Gasteiger partial charge on any atom is 0.315 e. The van der Waals surface area contributed by atoms with Gasteiger partial charge in [0.25, 0.3) is 0 Å². The maximum absolute atomic E-state index is 12.5. The fourth-order valence-electron chi connectivity index (χ4n) is 4.36. The highest BCUT2D eigenvalue weighted by molar-refractivity contribution is 5.82. The molecule has 1 atom stereocenters. The van der Waals surface area contributed by atoms with Gasteiger partial charge in [-0.05, 0) is 44.0 Å². The number of nitrogens with zero attached hydrogens (tertiary/aromatic N) is 2. The summed E-state index contributed by atoms with van der Waals surface area (Å²) < 4.78 is 16.0. The summed E-state index contributed by atoms with van der Waals surface area (Å²) in [5.74, 6) is 1.49. The Morgan fingerprint density at radius 1 is 1.03 bits per heavy atom. The lowest BCUT2D eigenvalue weighted by Crippen LogP contribution is -2.47. The molecule has 160 valence electrons. The average molecular weight is 411 g/mol. The topological polar surface area (TPSA) is 51.2 Å². The van der Waals surface area contributed by atoms with Crippen LogP contribution in [0.5, 0.6) is 11.5 Å². The van der Waals surface area contributed by atoms with Crippen LogP contribution in [0.1, 0.15) is 25.3 Å². The summed E-state index contributed by atoms with van der Waals surface area (Å²) >= 11 is 0. The van der Waals surface area contributed by atoms with Crippen LogP contribution in [0.25, 0.3) is 0 Å². The van der Waals surface area contributed by atoms with Gasteiger partial charge in [-0.25, -0.2) is 0 Å². The molecule has 6 nitrogen and oxygen atoms in total. The van der Waals surface area contributed by atoms with Crippen LogP contribution in [0.15, 0.2) is 48.5 Å². The number of carbonyl (C=O) groups excluding carboxylic acids is 1. The van der Waals surface area contributed by atoms with Crippen molar-refractivity contribution in [2.45, 2.75) is 25.2 Å². The smallest absolute Gasteiger partial charge is 0.315 e. The molecule has 1 fully saturated rings. The van der Waals surface area contributed by atoms with Gasteiger partial charge in [-0.3, -0.25) is 9.69 Å². The first-order chi connectivity index (χ1) is 14.6. The van der Waals surface area contributed by atoms with E-state index in [4.69, 9.17) is 14.2 Å². The summed E-state index contributed by atoms with van der Waals surface area (Å²) in [5, 5.41) is 0. The molecule has 4 rings (SSSR count). The summed E-state index contributed by atoms with van der Waals surface area (Å²) in [5.41, 5.74) is 1.59.